The van der Waals surface area contributed by atoms with E-state index in [9.17, 15) is 8.42 Å². The molecule has 0 radical (unpaired) electrons. The molecule has 118 valence electrons. The maximum Gasteiger partial charge on any atom is 0.147 e. The van der Waals surface area contributed by atoms with Gasteiger partial charge >= 0.3 is 0 Å². The highest BCUT2D eigenvalue weighted by atomic mass is 32.2. The summed E-state index contributed by atoms with van der Waals surface area (Å²) >= 11 is 0. The number of hydrogen-bond acceptors (Lipinski definition) is 6. The predicted octanol–water partition coefficient (Wildman–Crippen LogP) is 0.823. The minimum absolute atomic E-state index is 0.140. The Kier molecular flexibility index (Phi) is 5.41. The van der Waals surface area contributed by atoms with Crippen LogP contribution in [0.25, 0.3) is 0 Å². The smallest absolute Gasteiger partial charge is 0.147 e. The Bertz CT molecular complexity index is 562. The van der Waals surface area contributed by atoms with E-state index in [1.165, 1.54) is 6.26 Å². The topological polar surface area (TPSA) is 85.5 Å². The zero-order valence-corrected chi connectivity index (χ0v) is 13.2. The predicted molar refractivity (Wildman–Crippen MR) is 83.5 cm³/mol. The monoisotopic (exact) mass is 313 g/mol. The fourth-order valence-electron chi connectivity index (χ4n) is 2.41. The number of ether oxygens (including phenoxy) is 1. The van der Waals surface area contributed by atoms with E-state index in [0.29, 0.717) is 18.8 Å². The van der Waals surface area contributed by atoms with Gasteiger partial charge in [0.2, 0.25) is 0 Å². The van der Waals surface area contributed by atoms with Crippen LogP contribution in [-0.2, 0) is 9.84 Å². The number of rotatable bonds is 6. The van der Waals surface area contributed by atoms with Gasteiger partial charge in [-0.25, -0.2) is 8.42 Å². The van der Waals surface area contributed by atoms with Crippen molar-refractivity contribution in [2.45, 2.75) is 25.3 Å². The van der Waals surface area contributed by atoms with Crippen molar-refractivity contribution < 1.29 is 13.2 Å². The molecule has 0 aliphatic carbocycles. The maximum atomic E-state index is 11.0. The number of nitrogens with two attached hydrogens (primary N) is 1. The third kappa shape index (κ3) is 5.51. The zero-order valence-electron chi connectivity index (χ0n) is 12.4. The van der Waals surface area contributed by atoms with Gasteiger partial charge in [-0.3, -0.25) is 4.98 Å². The summed E-state index contributed by atoms with van der Waals surface area (Å²) < 4.78 is 27.7. The van der Waals surface area contributed by atoms with Crippen molar-refractivity contribution in [3.63, 3.8) is 0 Å². The number of nitrogens with zero attached hydrogens (tertiary/aromatic N) is 2. The average Bonchev–Trinajstić information content (AvgIpc) is 2.43. The molecule has 1 atom stereocenters. The molecule has 2 rings (SSSR count). The van der Waals surface area contributed by atoms with Crippen LogP contribution in [0.3, 0.4) is 0 Å². The van der Waals surface area contributed by atoms with Crippen molar-refractivity contribution in [1.29, 1.82) is 0 Å². The standard InChI is InChI=1S/C14H23N3O3S/c1-21(18,19)7-3-6-20-14-8-13(9-16-10-14)17-5-2-4-12(15)11-17/h8-10,12H,2-7,11,15H2,1H3. The summed E-state index contributed by atoms with van der Waals surface area (Å²) in [6, 6.07) is 2.14. The quantitative estimate of drug-likeness (QED) is 0.783. The van der Waals surface area contributed by atoms with E-state index in [-0.39, 0.29) is 11.8 Å². The highest BCUT2D eigenvalue weighted by Crippen LogP contribution is 2.22. The van der Waals surface area contributed by atoms with Gasteiger partial charge in [-0.2, -0.15) is 0 Å². The first-order valence-corrected chi connectivity index (χ1v) is 9.26. The molecule has 1 aromatic heterocycles. The molecule has 2 heterocycles. The van der Waals surface area contributed by atoms with E-state index >= 15 is 0 Å². The molecular formula is C14H23N3O3S. The SMILES string of the molecule is CS(=O)(=O)CCCOc1cncc(N2CCCC(N)C2)c1. The molecule has 0 aromatic carbocycles. The molecule has 1 fully saturated rings. The molecule has 7 heteroatoms. The van der Waals surface area contributed by atoms with E-state index in [4.69, 9.17) is 10.5 Å². The first-order chi connectivity index (χ1) is 9.94. The van der Waals surface area contributed by atoms with Crippen molar-refractivity contribution in [3.8, 4) is 5.75 Å². The largest absolute Gasteiger partial charge is 0.492 e. The molecule has 1 aromatic rings. The van der Waals surface area contributed by atoms with E-state index in [1.54, 1.807) is 12.4 Å². The van der Waals surface area contributed by atoms with Crippen LogP contribution in [0.1, 0.15) is 19.3 Å². The highest BCUT2D eigenvalue weighted by Gasteiger charge is 2.17. The molecule has 0 amide bonds. The van der Waals surface area contributed by atoms with Gasteiger partial charge in [0.25, 0.3) is 0 Å². The summed E-state index contributed by atoms with van der Waals surface area (Å²) in [5.74, 6) is 0.807. The Hall–Kier alpha value is -1.34. The van der Waals surface area contributed by atoms with Crippen molar-refractivity contribution in [1.82, 2.24) is 4.98 Å². The molecular weight excluding hydrogens is 290 g/mol. The van der Waals surface area contributed by atoms with Gasteiger partial charge in [-0.1, -0.05) is 0 Å². The van der Waals surface area contributed by atoms with Crippen LogP contribution in [0.2, 0.25) is 0 Å². The Labute approximate surface area is 126 Å². The van der Waals surface area contributed by atoms with E-state index in [1.807, 2.05) is 6.07 Å². The van der Waals surface area contributed by atoms with Gasteiger partial charge in [0.1, 0.15) is 15.6 Å². The fraction of sp³-hybridized carbons (Fsp3) is 0.643. The van der Waals surface area contributed by atoms with Crippen LogP contribution in [0.5, 0.6) is 5.75 Å². The molecule has 0 saturated carbocycles. The molecule has 1 aliphatic heterocycles. The second-order valence-electron chi connectivity index (χ2n) is 5.56. The van der Waals surface area contributed by atoms with Gasteiger partial charge in [0, 0.05) is 31.5 Å². The Balaban J connectivity index is 1.88. The molecule has 0 bridgehead atoms. The van der Waals surface area contributed by atoms with E-state index < -0.39 is 9.84 Å². The van der Waals surface area contributed by atoms with Crippen LogP contribution in [0.15, 0.2) is 18.5 Å². The van der Waals surface area contributed by atoms with Crippen LogP contribution in [0.4, 0.5) is 5.69 Å². The third-order valence-electron chi connectivity index (χ3n) is 3.45. The van der Waals surface area contributed by atoms with Crippen molar-refractivity contribution in [2.24, 2.45) is 5.73 Å². The van der Waals surface area contributed by atoms with Crippen molar-refractivity contribution in [2.75, 3.05) is 36.6 Å². The Morgan fingerprint density at radius 1 is 1.48 bits per heavy atom. The summed E-state index contributed by atoms with van der Waals surface area (Å²) in [5, 5.41) is 0. The second-order valence-corrected chi connectivity index (χ2v) is 7.82. The van der Waals surface area contributed by atoms with Gasteiger partial charge < -0.3 is 15.4 Å². The maximum absolute atomic E-state index is 11.0. The minimum Gasteiger partial charge on any atom is -0.492 e. The number of aromatic nitrogens is 1. The van der Waals surface area contributed by atoms with Gasteiger partial charge in [-0.15, -0.1) is 0 Å². The lowest BCUT2D eigenvalue weighted by atomic mass is 10.1. The number of hydrogen-bond donors (Lipinski definition) is 1. The summed E-state index contributed by atoms with van der Waals surface area (Å²) in [6.07, 6.45) is 7.31. The normalized spacial score (nSPS) is 19.5. The Morgan fingerprint density at radius 2 is 2.29 bits per heavy atom. The lowest BCUT2D eigenvalue weighted by Gasteiger charge is -2.32. The van der Waals surface area contributed by atoms with Crippen LogP contribution < -0.4 is 15.4 Å². The molecule has 2 N–H and O–H groups in total. The summed E-state index contributed by atoms with van der Waals surface area (Å²) in [4.78, 5) is 6.40. The zero-order chi connectivity index (χ0) is 15.3. The first-order valence-electron chi connectivity index (χ1n) is 7.20. The van der Waals surface area contributed by atoms with Crippen LogP contribution >= 0.6 is 0 Å². The number of anilines is 1. The molecule has 0 spiro atoms. The first kappa shape index (κ1) is 16.0. The van der Waals surface area contributed by atoms with Crippen LogP contribution in [-0.4, -0.2) is 51.1 Å². The molecule has 1 unspecified atom stereocenters. The number of sulfone groups is 1. The van der Waals surface area contributed by atoms with Gasteiger partial charge in [-0.05, 0) is 19.3 Å². The van der Waals surface area contributed by atoms with Crippen LogP contribution in [0, 0.1) is 0 Å². The lowest BCUT2D eigenvalue weighted by Crippen LogP contribution is -2.42. The number of pyridine rings is 1. The second kappa shape index (κ2) is 7.09. The van der Waals surface area contributed by atoms with Gasteiger partial charge in [0.15, 0.2) is 0 Å². The summed E-state index contributed by atoms with van der Waals surface area (Å²) in [6.45, 7) is 2.18. The lowest BCUT2D eigenvalue weighted by molar-refractivity contribution is 0.316. The van der Waals surface area contributed by atoms with E-state index in [2.05, 4.69) is 9.88 Å². The fourth-order valence-corrected chi connectivity index (χ4v) is 3.06. The average molecular weight is 313 g/mol. The number of piperidine rings is 1. The molecule has 1 saturated heterocycles. The van der Waals surface area contributed by atoms with Crippen molar-refractivity contribution >= 4 is 15.5 Å². The molecule has 6 nitrogen and oxygen atoms in total. The molecule has 1 aliphatic rings. The molecule has 21 heavy (non-hydrogen) atoms. The van der Waals surface area contributed by atoms with Crippen molar-refractivity contribution in [3.05, 3.63) is 18.5 Å². The summed E-state index contributed by atoms with van der Waals surface area (Å²) in [7, 11) is -2.93. The highest BCUT2D eigenvalue weighted by molar-refractivity contribution is 7.90. The minimum atomic E-state index is -2.93. The van der Waals surface area contributed by atoms with Gasteiger partial charge in [0.05, 0.1) is 30.4 Å². The Morgan fingerprint density at radius 3 is 3.00 bits per heavy atom. The summed E-state index contributed by atoms with van der Waals surface area (Å²) in [5.41, 5.74) is 6.99. The third-order valence-corrected chi connectivity index (χ3v) is 4.48. The van der Waals surface area contributed by atoms with E-state index in [0.717, 1.165) is 31.6 Å².